The highest BCUT2D eigenvalue weighted by molar-refractivity contribution is 5.29. The highest BCUT2D eigenvalue weighted by atomic mass is 16.5. The summed E-state index contributed by atoms with van der Waals surface area (Å²) >= 11 is 0. The van der Waals surface area contributed by atoms with Crippen LogP contribution < -0.4 is 4.74 Å². The first-order chi connectivity index (χ1) is 8.53. The second-order valence-corrected chi connectivity index (χ2v) is 6.76. The molecule has 0 bridgehead atoms. The fourth-order valence-electron chi connectivity index (χ4n) is 2.72. The van der Waals surface area contributed by atoms with Crippen LogP contribution in [0.1, 0.15) is 58.4 Å². The molecule has 1 aromatic carbocycles. The average molecular weight is 246 g/mol. The Balaban J connectivity index is 1.98. The summed E-state index contributed by atoms with van der Waals surface area (Å²) in [7, 11) is 0. The maximum Gasteiger partial charge on any atom is 0.119 e. The Hall–Kier alpha value is -0.980. The topological polar surface area (TPSA) is 9.23 Å². The van der Waals surface area contributed by atoms with E-state index in [4.69, 9.17) is 4.74 Å². The third-order valence-electron chi connectivity index (χ3n) is 3.49. The van der Waals surface area contributed by atoms with Gasteiger partial charge in [-0.05, 0) is 55.2 Å². The van der Waals surface area contributed by atoms with E-state index in [0.717, 1.165) is 12.2 Å². The largest absolute Gasteiger partial charge is 0.490 e. The van der Waals surface area contributed by atoms with Gasteiger partial charge in [-0.25, -0.2) is 0 Å². The molecule has 1 nitrogen and oxygen atoms in total. The normalized spacial score (nSPS) is 17.7. The van der Waals surface area contributed by atoms with Gasteiger partial charge in [-0.3, -0.25) is 0 Å². The summed E-state index contributed by atoms with van der Waals surface area (Å²) in [5, 5.41) is 0. The van der Waals surface area contributed by atoms with Crippen molar-refractivity contribution in [3.8, 4) is 5.75 Å². The van der Waals surface area contributed by atoms with Gasteiger partial charge in [-0.2, -0.15) is 0 Å². The first kappa shape index (κ1) is 13.5. The predicted molar refractivity (Wildman–Crippen MR) is 77.1 cm³/mol. The Morgan fingerprint density at radius 3 is 2.50 bits per heavy atom. The van der Waals surface area contributed by atoms with E-state index in [0.29, 0.717) is 11.5 Å². The maximum absolute atomic E-state index is 6.11. The zero-order valence-electron chi connectivity index (χ0n) is 12.0. The molecular weight excluding hydrogens is 220 g/mol. The third kappa shape index (κ3) is 4.36. The highest BCUT2D eigenvalue weighted by Gasteiger charge is 2.16. The average Bonchev–Trinajstić information content (AvgIpc) is 2.28. The Kier molecular flexibility index (Phi) is 4.31. The molecule has 0 N–H and O–H groups in total. The monoisotopic (exact) mass is 246 g/mol. The van der Waals surface area contributed by atoms with Crippen molar-refractivity contribution >= 4 is 0 Å². The smallest absolute Gasteiger partial charge is 0.119 e. The predicted octanol–water partition coefficient (Wildman–Crippen LogP) is 4.99. The van der Waals surface area contributed by atoms with Crippen LogP contribution in [0.25, 0.3) is 0 Å². The fourth-order valence-corrected chi connectivity index (χ4v) is 2.72. The van der Waals surface area contributed by atoms with Gasteiger partial charge in [0.1, 0.15) is 5.75 Å². The van der Waals surface area contributed by atoms with Gasteiger partial charge in [-0.15, -0.1) is 0 Å². The molecule has 0 unspecified atom stereocenters. The number of rotatable bonds is 3. The van der Waals surface area contributed by atoms with Gasteiger partial charge in [0, 0.05) is 0 Å². The maximum atomic E-state index is 6.11. The van der Waals surface area contributed by atoms with Gasteiger partial charge in [0.15, 0.2) is 0 Å². The lowest BCUT2D eigenvalue weighted by molar-refractivity contribution is 0.155. The fraction of sp³-hybridized carbons (Fsp3) is 0.647. The van der Waals surface area contributed by atoms with E-state index >= 15 is 0 Å². The van der Waals surface area contributed by atoms with Crippen molar-refractivity contribution in [1.82, 2.24) is 0 Å². The highest BCUT2D eigenvalue weighted by Crippen LogP contribution is 2.26. The molecule has 0 heterocycles. The molecule has 1 heteroatoms. The van der Waals surface area contributed by atoms with Crippen LogP contribution in [-0.4, -0.2) is 6.10 Å². The van der Waals surface area contributed by atoms with Crippen LogP contribution in [-0.2, 0) is 6.42 Å². The lowest BCUT2D eigenvalue weighted by Gasteiger charge is -2.24. The van der Waals surface area contributed by atoms with Crippen LogP contribution in [0.3, 0.4) is 0 Å². The molecule has 0 radical (unpaired) electrons. The zero-order chi connectivity index (χ0) is 13.0. The molecule has 0 amide bonds. The van der Waals surface area contributed by atoms with Crippen LogP contribution in [0.5, 0.6) is 5.75 Å². The van der Waals surface area contributed by atoms with E-state index in [1.54, 1.807) is 0 Å². The quantitative estimate of drug-likeness (QED) is 0.730. The summed E-state index contributed by atoms with van der Waals surface area (Å²) in [5.74, 6) is 1.06. The molecule has 0 atom stereocenters. The summed E-state index contributed by atoms with van der Waals surface area (Å²) in [5.41, 5.74) is 1.72. The van der Waals surface area contributed by atoms with Crippen molar-refractivity contribution in [2.45, 2.75) is 65.4 Å². The first-order valence-corrected chi connectivity index (χ1v) is 7.28. The molecule has 2 rings (SSSR count). The van der Waals surface area contributed by atoms with E-state index in [-0.39, 0.29) is 0 Å². The van der Waals surface area contributed by atoms with Gasteiger partial charge >= 0.3 is 0 Å². The summed E-state index contributed by atoms with van der Waals surface area (Å²) in [4.78, 5) is 0. The van der Waals surface area contributed by atoms with Crippen LogP contribution in [0.2, 0.25) is 0 Å². The molecule has 0 aromatic heterocycles. The molecular formula is C17H26O. The molecule has 18 heavy (non-hydrogen) atoms. The van der Waals surface area contributed by atoms with Crippen molar-refractivity contribution < 1.29 is 4.74 Å². The van der Waals surface area contributed by atoms with Crippen molar-refractivity contribution in [2.75, 3.05) is 0 Å². The number of benzene rings is 1. The minimum atomic E-state index is 0.337. The standard InChI is InChI=1S/C17H26O/c1-17(2,3)13-14-8-7-11-16(12-14)18-15-9-5-4-6-10-15/h7-8,11-12,15H,4-6,9-10,13H2,1-3H3. The van der Waals surface area contributed by atoms with E-state index in [1.165, 1.54) is 37.7 Å². The zero-order valence-corrected chi connectivity index (χ0v) is 12.0. The minimum absolute atomic E-state index is 0.337. The summed E-state index contributed by atoms with van der Waals surface area (Å²) < 4.78 is 6.11. The van der Waals surface area contributed by atoms with E-state index in [9.17, 15) is 0 Å². The van der Waals surface area contributed by atoms with Gasteiger partial charge in [-0.1, -0.05) is 39.3 Å². The number of ether oxygens (including phenoxy) is 1. The minimum Gasteiger partial charge on any atom is -0.490 e. The molecule has 0 spiro atoms. The summed E-state index contributed by atoms with van der Waals surface area (Å²) in [6.07, 6.45) is 8.04. The van der Waals surface area contributed by atoms with Gasteiger partial charge in [0.05, 0.1) is 6.10 Å². The van der Waals surface area contributed by atoms with E-state index in [1.807, 2.05) is 0 Å². The Morgan fingerprint density at radius 1 is 1.11 bits per heavy atom. The van der Waals surface area contributed by atoms with Crippen LogP contribution in [0.4, 0.5) is 0 Å². The molecule has 100 valence electrons. The van der Waals surface area contributed by atoms with Crippen molar-refractivity contribution in [1.29, 1.82) is 0 Å². The number of hydrogen-bond donors (Lipinski definition) is 0. The van der Waals surface area contributed by atoms with Gasteiger partial charge in [0.25, 0.3) is 0 Å². The SMILES string of the molecule is CC(C)(C)Cc1cccc(OC2CCCCC2)c1. The van der Waals surface area contributed by atoms with Gasteiger partial charge < -0.3 is 4.74 Å². The summed E-state index contributed by atoms with van der Waals surface area (Å²) in [6, 6.07) is 8.65. The molecule has 0 saturated heterocycles. The lowest BCUT2D eigenvalue weighted by Crippen LogP contribution is -2.19. The molecule has 0 aliphatic heterocycles. The molecule has 1 aliphatic carbocycles. The van der Waals surface area contributed by atoms with E-state index < -0.39 is 0 Å². The molecule has 1 aromatic rings. The van der Waals surface area contributed by atoms with Gasteiger partial charge in [0.2, 0.25) is 0 Å². The van der Waals surface area contributed by atoms with Crippen molar-refractivity contribution in [3.05, 3.63) is 29.8 Å². The van der Waals surface area contributed by atoms with Crippen LogP contribution in [0.15, 0.2) is 24.3 Å². The molecule has 1 fully saturated rings. The Labute approximate surface area is 112 Å². The Bertz CT molecular complexity index is 369. The second-order valence-electron chi connectivity index (χ2n) is 6.76. The van der Waals surface area contributed by atoms with Crippen molar-refractivity contribution in [2.24, 2.45) is 5.41 Å². The first-order valence-electron chi connectivity index (χ1n) is 7.28. The van der Waals surface area contributed by atoms with Crippen LogP contribution in [0, 0.1) is 5.41 Å². The number of hydrogen-bond acceptors (Lipinski definition) is 1. The third-order valence-corrected chi connectivity index (χ3v) is 3.49. The lowest BCUT2D eigenvalue weighted by atomic mass is 9.88. The summed E-state index contributed by atoms with van der Waals surface area (Å²) in [6.45, 7) is 6.84. The molecule has 1 aliphatic rings. The Morgan fingerprint density at radius 2 is 1.83 bits per heavy atom. The van der Waals surface area contributed by atoms with Crippen LogP contribution >= 0.6 is 0 Å². The molecule has 1 saturated carbocycles. The second kappa shape index (κ2) is 5.77. The van der Waals surface area contributed by atoms with Crippen molar-refractivity contribution in [3.63, 3.8) is 0 Å². The van der Waals surface area contributed by atoms with E-state index in [2.05, 4.69) is 45.0 Å².